The Hall–Kier alpha value is -1.81. The van der Waals surface area contributed by atoms with Crippen molar-refractivity contribution in [2.24, 2.45) is 5.73 Å². The van der Waals surface area contributed by atoms with E-state index in [9.17, 15) is 13.2 Å². The molecule has 1 amide bonds. The van der Waals surface area contributed by atoms with E-state index >= 15 is 0 Å². The lowest BCUT2D eigenvalue weighted by molar-refractivity contribution is 0.0946. The molecule has 0 spiro atoms. The Bertz CT molecular complexity index is 829. The number of amides is 1. The van der Waals surface area contributed by atoms with Crippen LogP contribution in [0.2, 0.25) is 0 Å². The van der Waals surface area contributed by atoms with Crippen LogP contribution in [0.25, 0.3) is 0 Å². The van der Waals surface area contributed by atoms with E-state index in [0.717, 1.165) is 5.56 Å². The minimum atomic E-state index is -3.50. The maximum atomic E-state index is 12.4. The van der Waals surface area contributed by atoms with Crippen LogP contribution in [-0.2, 0) is 23.1 Å². The number of nitrogens with zero attached hydrogens (tertiary/aromatic N) is 2. The van der Waals surface area contributed by atoms with Gasteiger partial charge in [-0.2, -0.15) is 4.31 Å². The minimum absolute atomic E-state index is 0.125. The van der Waals surface area contributed by atoms with Crippen molar-refractivity contribution < 1.29 is 13.2 Å². The van der Waals surface area contributed by atoms with Crippen LogP contribution < -0.4 is 11.1 Å². The van der Waals surface area contributed by atoms with Gasteiger partial charge in [0.2, 0.25) is 10.0 Å². The number of carbonyl (C=O) groups excluding carboxylic acids is 1. The summed E-state index contributed by atoms with van der Waals surface area (Å²) in [6.07, 6.45) is 0. The molecule has 1 aromatic heterocycles. The number of thiazole rings is 1. The van der Waals surface area contributed by atoms with Gasteiger partial charge in [-0.25, -0.2) is 13.4 Å². The molecule has 7 nitrogen and oxygen atoms in total. The molecule has 0 fully saturated rings. The molecular formula is C16H22N4O3S2. The van der Waals surface area contributed by atoms with E-state index in [0.29, 0.717) is 17.2 Å². The molecule has 2 rings (SSSR count). The Kier molecular flexibility index (Phi) is 6.28. The number of aromatic nitrogens is 1. The van der Waals surface area contributed by atoms with Gasteiger partial charge in [0.25, 0.3) is 5.91 Å². The summed E-state index contributed by atoms with van der Waals surface area (Å²) in [5.41, 5.74) is 6.62. The van der Waals surface area contributed by atoms with Crippen molar-refractivity contribution in [1.82, 2.24) is 14.6 Å². The first kappa shape index (κ1) is 19.5. The zero-order valence-corrected chi connectivity index (χ0v) is 16.0. The van der Waals surface area contributed by atoms with Crippen LogP contribution in [0.15, 0.2) is 34.5 Å². The highest BCUT2D eigenvalue weighted by Gasteiger charge is 2.22. The van der Waals surface area contributed by atoms with Gasteiger partial charge < -0.3 is 11.1 Å². The van der Waals surface area contributed by atoms with Gasteiger partial charge in [0, 0.05) is 31.6 Å². The molecule has 136 valence electrons. The second kappa shape index (κ2) is 8.05. The first-order valence-corrected chi connectivity index (χ1v) is 10.1. The second-order valence-corrected chi connectivity index (χ2v) is 8.71. The molecular weight excluding hydrogens is 360 g/mol. The maximum absolute atomic E-state index is 12.4. The van der Waals surface area contributed by atoms with E-state index in [-0.39, 0.29) is 23.4 Å². The quantitative estimate of drug-likeness (QED) is 0.756. The van der Waals surface area contributed by atoms with Crippen LogP contribution in [0, 0.1) is 0 Å². The number of benzene rings is 1. The molecule has 1 heterocycles. The van der Waals surface area contributed by atoms with Crippen molar-refractivity contribution in [2.75, 3.05) is 7.05 Å². The van der Waals surface area contributed by atoms with E-state index in [1.807, 2.05) is 13.8 Å². The van der Waals surface area contributed by atoms with Crippen LogP contribution in [0.1, 0.15) is 34.9 Å². The number of hydrogen-bond donors (Lipinski definition) is 2. The molecule has 9 heteroatoms. The van der Waals surface area contributed by atoms with Crippen molar-refractivity contribution in [3.8, 4) is 0 Å². The summed E-state index contributed by atoms with van der Waals surface area (Å²) < 4.78 is 26.1. The summed E-state index contributed by atoms with van der Waals surface area (Å²) >= 11 is 1.34. The first-order valence-electron chi connectivity index (χ1n) is 7.75. The van der Waals surface area contributed by atoms with Crippen LogP contribution in [0.4, 0.5) is 0 Å². The van der Waals surface area contributed by atoms with Gasteiger partial charge in [0.05, 0.1) is 4.90 Å². The SMILES string of the molecule is CC(C)N(C)S(=O)(=O)c1ccc(CNC(=O)c2csc(CN)n2)cc1. The van der Waals surface area contributed by atoms with Gasteiger partial charge in [-0.1, -0.05) is 12.1 Å². The van der Waals surface area contributed by atoms with Gasteiger partial charge in [0.15, 0.2) is 0 Å². The van der Waals surface area contributed by atoms with E-state index in [4.69, 9.17) is 5.73 Å². The molecule has 0 aliphatic carbocycles. The molecule has 25 heavy (non-hydrogen) atoms. The lowest BCUT2D eigenvalue weighted by atomic mass is 10.2. The lowest BCUT2D eigenvalue weighted by Crippen LogP contribution is -2.33. The topological polar surface area (TPSA) is 105 Å². The van der Waals surface area contributed by atoms with Crippen molar-refractivity contribution in [3.63, 3.8) is 0 Å². The highest BCUT2D eigenvalue weighted by Crippen LogP contribution is 2.17. The Morgan fingerprint density at radius 2 is 1.96 bits per heavy atom. The van der Waals surface area contributed by atoms with E-state index in [1.54, 1.807) is 36.7 Å². The minimum Gasteiger partial charge on any atom is -0.347 e. The Labute approximate surface area is 151 Å². The van der Waals surface area contributed by atoms with Crippen LogP contribution in [0.3, 0.4) is 0 Å². The summed E-state index contributed by atoms with van der Waals surface area (Å²) in [4.78, 5) is 16.4. The number of rotatable bonds is 7. The maximum Gasteiger partial charge on any atom is 0.271 e. The molecule has 0 aliphatic heterocycles. The van der Waals surface area contributed by atoms with Gasteiger partial charge in [-0.05, 0) is 31.5 Å². The van der Waals surface area contributed by atoms with Gasteiger partial charge in [-0.15, -0.1) is 11.3 Å². The zero-order valence-electron chi connectivity index (χ0n) is 14.4. The molecule has 1 aromatic carbocycles. The molecule has 0 radical (unpaired) electrons. The number of nitrogens with one attached hydrogen (secondary N) is 1. The highest BCUT2D eigenvalue weighted by atomic mass is 32.2. The van der Waals surface area contributed by atoms with Gasteiger partial charge in [0.1, 0.15) is 10.7 Å². The molecule has 0 bridgehead atoms. The Morgan fingerprint density at radius 3 is 2.48 bits per heavy atom. The standard InChI is InChI=1S/C16H22N4O3S2/c1-11(2)20(3)25(22,23)13-6-4-12(5-7-13)9-18-16(21)14-10-24-15(8-17)19-14/h4-7,10-11H,8-9,17H2,1-3H3,(H,18,21). The Morgan fingerprint density at radius 1 is 1.32 bits per heavy atom. The fourth-order valence-electron chi connectivity index (χ4n) is 2.00. The Balaban J connectivity index is 2.02. The normalized spacial score (nSPS) is 11.9. The fraction of sp³-hybridized carbons (Fsp3) is 0.375. The summed E-state index contributed by atoms with van der Waals surface area (Å²) in [6, 6.07) is 6.35. The molecule has 3 N–H and O–H groups in total. The van der Waals surface area contributed by atoms with Crippen molar-refractivity contribution in [2.45, 2.75) is 37.9 Å². The smallest absolute Gasteiger partial charge is 0.271 e. The third-order valence-corrected chi connectivity index (χ3v) is 6.66. The molecule has 0 aliphatic rings. The monoisotopic (exact) mass is 382 g/mol. The number of carbonyl (C=O) groups is 1. The molecule has 0 unspecified atom stereocenters. The number of hydrogen-bond acceptors (Lipinski definition) is 6. The second-order valence-electron chi connectivity index (χ2n) is 5.77. The van der Waals surface area contributed by atoms with Crippen molar-refractivity contribution >= 4 is 27.3 Å². The predicted molar refractivity (Wildman–Crippen MR) is 97.7 cm³/mol. The summed E-state index contributed by atoms with van der Waals surface area (Å²) in [5, 5.41) is 5.12. The fourth-order valence-corrected chi connectivity index (χ4v) is 4.03. The number of sulfonamides is 1. The summed E-state index contributed by atoms with van der Waals surface area (Å²) in [7, 11) is -1.95. The zero-order chi connectivity index (χ0) is 18.6. The molecule has 0 saturated carbocycles. The van der Waals surface area contributed by atoms with Crippen LogP contribution >= 0.6 is 11.3 Å². The van der Waals surface area contributed by atoms with Crippen molar-refractivity contribution in [3.05, 3.63) is 45.9 Å². The predicted octanol–water partition coefficient (Wildman–Crippen LogP) is 1.56. The largest absolute Gasteiger partial charge is 0.347 e. The molecule has 0 saturated heterocycles. The number of nitrogens with two attached hydrogens (primary N) is 1. The third kappa shape index (κ3) is 4.63. The van der Waals surface area contributed by atoms with Gasteiger partial charge in [-0.3, -0.25) is 4.79 Å². The third-order valence-electron chi connectivity index (χ3n) is 3.74. The average molecular weight is 383 g/mol. The van der Waals surface area contributed by atoms with Gasteiger partial charge >= 0.3 is 0 Å². The summed E-state index contributed by atoms with van der Waals surface area (Å²) in [6.45, 7) is 4.22. The molecule has 2 aromatic rings. The average Bonchev–Trinajstić information content (AvgIpc) is 3.08. The van der Waals surface area contributed by atoms with E-state index in [1.165, 1.54) is 15.6 Å². The first-order chi connectivity index (χ1) is 11.8. The van der Waals surface area contributed by atoms with E-state index < -0.39 is 10.0 Å². The van der Waals surface area contributed by atoms with Crippen LogP contribution in [0.5, 0.6) is 0 Å². The van der Waals surface area contributed by atoms with Crippen molar-refractivity contribution in [1.29, 1.82) is 0 Å². The summed E-state index contributed by atoms with van der Waals surface area (Å²) in [5.74, 6) is -0.285. The highest BCUT2D eigenvalue weighted by molar-refractivity contribution is 7.89. The van der Waals surface area contributed by atoms with E-state index in [2.05, 4.69) is 10.3 Å². The van der Waals surface area contributed by atoms with Crippen LogP contribution in [-0.4, -0.2) is 36.7 Å². The lowest BCUT2D eigenvalue weighted by Gasteiger charge is -2.21. The molecule has 0 atom stereocenters.